The molecule has 2 aromatic heterocycles. The molecule has 3 aromatic carbocycles. The summed E-state index contributed by atoms with van der Waals surface area (Å²) in [7, 11) is 0. The number of imidazole rings is 2. The van der Waals surface area contributed by atoms with Crippen LogP contribution in [0.3, 0.4) is 0 Å². The summed E-state index contributed by atoms with van der Waals surface area (Å²) in [5.41, 5.74) is 5.97. The van der Waals surface area contributed by atoms with E-state index in [0.29, 0.717) is 12.1 Å². The molecule has 2 aliphatic rings. The second-order valence-corrected chi connectivity index (χ2v) is 13.7. The fourth-order valence-electron chi connectivity index (χ4n) is 6.77. The van der Waals surface area contributed by atoms with Crippen LogP contribution in [0.25, 0.3) is 44.4 Å². The van der Waals surface area contributed by atoms with Crippen LogP contribution in [0.1, 0.15) is 84.0 Å². The minimum Gasteiger partial charge on any atom is -0.444 e. The SMILES string of the molecule is CC1CCC(c2ncc(-c3ccc4cc(-c5ccc(-c6cnc(C7CCC(C)N7C(=O)OC(C)(C)C)[nH]6)cc5)ccc4c3)[nH]2)N1. The normalized spacial score (nSPS) is 21.9. The average Bonchev–Trinajstić information content (AvgIpc) is 3.83. The van der Waals surface area contributed by atoms with E-state index in [1.165, 1.54) is 22.8 Å². The van der Waals surface area contributed by atoms with Gasteiger partial charge in [-0.3, -0.25) is 4.90 Å². The molecule has 3 N–H and O–H groups in total. The van der Waals surface area contributed by atoms with Gasteiger partial charge in [-0.05, 0) is 99.9 Å². The molecule has 0 saturated carbocycles. The number of nitrogens with one attached hydrogen (secondary N) is 3. The molecule has 2 aliphatic heterocycles. The molecule has 1 amide bonds. The molecule has 45 heavy (non-hydrogen) atoms. The molecule has 8 heteroatoms. The molecule has 4 atom stereocenters. The fraction of sp³-hybridized carbons (Fsp3) is 0.378. The Labute approximate surface area is 264 Å². The zero-order valence-corrected chi connectivity index (χ0v) is 26.7. The molecule has 2 saturated heterocycles. The summed E-state index contributed by atoms with van der Waals surface area (Å²) in [6, 6.07) is 22.6. The molecule has 4 unspecified atom stereocenters. The Morgan fingerprint density at radius 2 is 1.36 bits per heavy atom. The molecule has 0 aliphatic carbocycles. The number of hydrogen-bond donors (Lipinski definition) is 3. The van der Waals surface area contributed by atoms with E-state index in [4.69, 9.17) is 9.72 Å². The number of aromatic amines is 2. The molecule has 2 fully saturated rings. The van der Waals surface area contributed by atoms with Gasteiger partial charge < -0.3 is 20.0 Å². The van der Waals surface area contributed by atoms with Crippen molar-refractivity contribution in [1.29, 1.82) is 0 Å². The van der Waals surface area contributed by atoms with Crippen molar-refractivity contribution in [3.63, 3.8) is 0 Å². The standard InChI is InChI=1S/C37H42N6O2/c1-22-6-16-30(40-22)34-38-21-32(41-34)29-15-14-27-18-26(12-13-28(27)19-29)24-8-10-25(11-9-24)31-20-39-35(42-31)33-17-7-23(2)43(33)36(44)45-37(3,4)5/h8-15,18-23,30,33,40H,6-7,16-17H2,1-5H3,(H,38,41)(H,39,42). The van der Waals surface area contributed by atoms with E-state index in [2.05, 4.69) is 94.8 Å². The summed E-state index contributed by atoms with van der Waals surface area (Å²) in [5.74, 6) is 1.82. The molecule has 0 radical (unpaired) electrons. The number of nitrogens with zero attached hydrogens (tertiary/aromatic N) is 3. The highest BCUT2D eigenvalue weighted by molar-refractivity contribution is 5.90. The van der Waals surface area contributed by atoms with Crippen LogP contribution in [0, 0.1) is 0 Å². The quantitative estimate of drug-likeness (QED) is 0.187. The number of amides is 1. The predicted molar refractivity (Wildman–Crippen MR) is 179 cm³/mol. The number of carbonyl (C=O) groups is 1. The number of H-pyrrole nitrogens is 2. The lowest BCUT2D eigenvalue weighted by atomic mass is 9.98. The fourth-order valence-corrected chi connectivity index (χ4v) is 6.77. The molecule has 7 rings (SSSR count). The van der Waals surface area contributed by atoms with Crippen molar-refractivity contribution in [1.82, 2.24) is 30.2 Å². The largest absolute Gasteiger partial charge is 0.444 e. The summed E-state index contributed by atoms with van der Waals surface area (Å²) < 4.78 is 5.70. The van der Waals surface area contributed by atoms with Crippen molar-refractivity contribution >= 4 is 16.9 Å². The number of fused-ring (bicyclic) bond motifs is 1. The Morgan fingerprint density at radius 1 is 0.756 bits per heavy atom. The van der Waals surface area contributed by atoms with Gasteiger partial charge in [-0.25, -0.2) is 14.8 Å². The third kappa shape index (κ3) is 5.99. The van der Waals surface area contributed by atoms with Crippen molar-refractivity contribution in [3.8, 4) is 33.6 Å². The summed E-state index contributed by atoms with van der Waals surface area (Å²) >= 11 is 0. The highest BCUT2D eigenvalue weighted by atomic mass is 16.6. The van der Waals surface area contributed by atoms with E-state index in [-0.39, 0.29) is 18.2 Å². The van der Waals surface area contributed by atoms with Gasteiger partial charge in [0, 0.05) is 17.6 Å². The zero-order valence-electron chi connectivity index (χ0n) is 26.7. The summed E-state index contributed by atoms with van der Waals surface area (Å²) in [4.78, 5) is 31.2. The van der Waals surface area contributed by atoms with Crippen LogP contribution in [0.5, 0.6) is 0 Å². The molecule has 0 spiro atoms. The number of rotatable bonds is 5. The van der Waals surface area contributed by atoms with Gasteiger partial charge in [0.05, 0.1) is 35.9 Å². The number of ether oxygens (including phenoxy) is 1. The Bertz CT molecular complexity index is 1830. The number of benzene rings is 3. The molecular weight excluding hydrogens is 560 g/mol. The maximum absolute atomic E-state index is 13.0. The van der Waals surface area contributed by atoms with Gasteiger partial charge in [0.1, 0.15) is 17.2 Å². The lowest BCUT2D eigenvalue weighted by Gasteiger charge is -2.30. The second kappa shape index (κ2) is 11.5. The molecule has 5 aromatic rings. The zero-order chi connectivity index (χ0) is 31.3. The van der Waals surface area contributed by atoms with Gasteiger partial charge in [0.15, 0.2) is 0 Å². The van der Waals surface area contributed by atoms with E-state index >= 15 is 0 Å². The first-order valence-electron chi connectivity index (χ1n) is 16.1. The lowest BCUT2D eigenvalue weighted by molar-refractivity contribution is 0.0151. The topological polar surface area (TPSA) is 98.9 Å². The van der Waals surface area contributed by atoms with Gasteiger partial charge in [-0.2, -0.15) is 0 Å². The Kier molecular flexibility index (Phi) is 7.48. The first kappa shape index (κ1) is 29.3. The maximum Gasteiger partial charge on any atom is 0.411 e. The van der Waals surface area contributed by atoms with Gasteiger partial charge >= 0.3 is 6.09 Å². The lowest BCUT2D eigenvalue weighted by Crippen LogP contribution is -2.40. The van der Waals surface area contributed by atoms with Crippen molar-refractivity contribution < 1.29 is 9.53 Å². The van der Waals surface area contributed by atoms with Crippen LogP contribution in [0.2, 0.25) is 0 Å². The molecule has 8 nitrogen and oxygen atoms in total. The number of carbonyl (C=O) groups excluding carboxylic acids is 1. The van der Waals surface area contributed by atoms with Gasteiger partial charge in [0.2, 0.25) is 0 Å². The smallest absolute Gasteiger partial charge is 0.411 e. The van der Waals surface area contributed by atoms with Crippen molar-refractivity contribution in [2.75, 3.05) is 0 Å². The number of likely N-dealkylation sites (tertiary alicyclic amines) is 1. The van der Waals surface area contributed by atoms with Crippen LogP contribution in [0.4, 0.5) is 4.79 Å². The Morgan fingerprint density at radius 3 is 2.04 bits per heavy atom. The first-order valence-corrected chi connectivity index (χ1v) is 16.1. The van der Waals surface area contributed by atoms with Gasteiger partial charge in [0.25, 0.3) is 0 Å². The van der Waals surface area contributed by atoms with Crippen LogP contribution >= 0.6 is 0 Å². The van der Waals surface area contributed by atoms with E-state index in [0.717, 1.165) is 59.0 Å². The maximum atomic E-state index is 13.0. The van der Waals surface area contributed by atoms with E-state index in [1.54, 1.807) is 0 Å². The first-order chi connectivity index (χ1) is 21.6. The van der Waals surface area contributed by atoms with Crippen molar-refractivity contribution in [2.24, 2.45) is 0 Å². The Hall–Kier alpha value is -4.43. The van der Waals surface area contributed by atoms with E-state index in [9.17, 15) is 4.79 Å². The van der Waals surface area contributed by atoms with Crippen molar-refractivity contribution in [3.05, 3.63) is 84.7 Å². The predicted octanol–water partition coefficient (Wildman–Crippen LogP) is 8.56. The van der Waals surface area contributed by atoms with Crippen LogP contribution in [-0.4, -0.2) is 48.6 Å². The Balaban J connectivity index is 1.06. The summed E-state index contributed by atoms with van der Waals surface area (Å²) in [5, 5.41) is 6.00. The molecular formula is C37H42N6O2. The highest BCUT2D eigenvalue weighted by Gasteiger charge is 2.39. The van der Waals surface area contributed by atoms with E-state index < -0.39 is 5.60 Å². The summed E-state index contributed by atoms with van der Waals surface area (Å²) in [6.45, 7) is 9.99. The highest BCUT2D eigenvalue weighted by Crippen LogP contribution is 2.37. The average molecular weight is 603 g/mol. The van der Waals surface area contributed by atoms with Crippen LogP contribution in [-0.2, 0) is 4.74 Å². The van der Waals surface area contributed by atoms with Crippen LogP contribution < -0.4 is 5.32 Å². The monoisotopic (exact) mass is 602 g/mol. The van der Waals surface area contributed by atoms with Crippen LogP contribution in [0.15, 0.2) is 73.1 Å². The number of hydrogen-bond acceptors (Lipinski definition) is 5. The minimum absolute atomic E-state index is 0.104. The van der Waals surface area contributed by atoms with Crippen molar-refractivity contribution in [2.45, 2.75) is 90.1 Å². The van der Waals surface area contributed by atoms with Gasteiger partial charge in [-0.15, -0.1) is 0 Å². The number of aromatic nitrogens is 4. The van der Waals surface area contributed by atoms with Gasteiger partial charge in [-0.1, -0.05) is 48.5 Å². The second-order valence-electron chi connectivity index (χ2n) is 13.7. The third-order valence-electron chi connectivity index (χ3n) is 9.16. The minimum atomic E-state index is -0.538. The molecule has 4 heterocycles. The molecule has 232 valence electrons. The summed E-state index contributed by atoms with van der Waals surface area (Å²) in [6.07, 6.45) is 7.61. The third-order valence-corrected chi connectivity index (χ3v) is 9.16. The van der Waals surface area contributed by atoms with E-state index in [1.807, 2.05) is 38.1 Å². The molecule has 0 bridgehead atoms.